The Hall–Kier alpha value is -3.08. The first kappa shape index (κ1) is 13.9. The molecule has 0 fully saturated rings. The summed E-state index contributed by atoms with van der Waals surface area (Å²) in [4.78, 5) is 12.6. The predicted octanol–water partition coefficient (Wildman–Crippen LogP) is 4.11. The molecular formula is C17H13FN4. The summed E-state index contributed by atoms with van der Waals surface area (Å²) in [5.74, 6) is 0.339. The zero-order valence-electron chi connectivity index (χ0n) is 11.6. The number of anilines is 2. The number of benzene rings is 1. The molecule has 3 aromatic rings. The first-order chi connectivity index (χ1) is 10.8. The van der Waals surface area contributed by atoms with Crippen LogP contribution in [0.1, 0.15) is 5.56 Å². The molecule has 2 heterocycles. The van der Waals surface area contributed by atoms with E-state index in [0.717, 1.165) is 5.69 Å². The Morgan fingerprint density at radius 2 is 1.86 bits per heavy atom. The molecule has 0 aliphatic rings. The average Bonchev–Trinajstić information content (AvgIpc) is 2.55. The minimum absolute atomic E-state index is 0.287. The highest BCUT2D eigenvalue weighted by Crippen LogP contribution is 2.24. The van der Waals surface area contributed by atoms with Crippen LogP contribution in [-0.2, 0) is 0 Å². The third-order valence-electron chi connectivity index (χ3n) is 2.93. The molecule has 22 heavy (non-hydrogen) atoms. The molecule has 1 N–H and O–H groups in total. The lowest BCUT2D eigenvalue weighted by molar-refractivity contribution is 0.627. The first-order valence-electron chi connectivity index (χ1n) is 6.73. The van der Waals surface area contributed by atoms with E-state index in [2.05, 4.69) is 20.3 Å². The van der Waals surface area contributed by atoms with Crippen molar-refractivity contribution in [2.75, 3.05) is 5.32 Å². The summed E-state index contributed by atoms with van der Waals surface area (Å²) < 4.78 is 13.2. The van der Waals surface area contributed by atoms with Gasteiger partial charge in [-0.2, -0.15) is 0 Å². The molecule has 1 aromatic carbocycles. The van der Waals surface area contributed by atoms with Crippen LogP contribution >= 0.6 is 0 Å². The molecule has 0 saturated carbocycles. The van der Waals surface area contributed by atoms with Gasteiger partial charge in [0.2, 0.25) is 0 Å². The van der Waals surface area contributed by atoms with Gasteiger partial charge in [-0.3, -0.25) is 9.98 Å². The van der Waals surface area contributed by atoms with Crippen molar-refractivity contribution in [3.05, 3.63) is 78.5 Å². The van der Waals surface area contributed by atoms with Gasteiger partial charge >= 0.3 is 0 Å². The van der Waals surface area contributed by atoms with Gasteiger partial charge in [0.25, 0.3) is 0 Å². The zero-order chi connectivity index (χ0) is 15.2. The van der Waals surface area contributed by atoms with Gasteiger partial charge in [-0.25, -0.2) is 9.37 Å². The van der Waals surface area contributed by atoms with Crippen LogP contribution in [0.5, 0.6) is 0 Å². The summed E-state index contributed by atoms with van der Waals surface area (Å²) in [6, 6.07) is 13.6. The van der Waals surface area contributed by atoms with Crippen molar-refractivity contribution >= 4 is 23.4 Å². The topological polar surface area (TPSA) is 50.2 Å². The first-order valence-corrected chi connectivity index (χ1v) is 6.73. The Kier molecular flexibility index (Phi) is 4.15. The molecule has 0 spiro atoms. The number of halogens is 1. The van der Waals surface area contributed by atoms with Gasteiger partial charge < -0.3 is 5.32 Å². The minimum Gasteiger partial charge on any atom is -0.338 e. The van der Waals surface area contributed by atoms with Crippen molar-refractivity contribution in [3.63, 3.8) is 0 Å². The predicted molar refractivity (Wildman–Crippen MR) is 85.4 cm³/mol. The lowest BCUT2D eigenvalue weighted by Gasteiger charge is -2.07. The molecule has 0 radical (unpaired) electrons. The molecule has 0 amide bonds. The normalized spacial score (nSPS) is 10.8. The Labute approximate surface area is 127 Å². The van der Waals surface area contributed by atoms with E-state index >= 15 is 0 Å². The number of aromatic nitrogens is 2. The number of pyridine rings is 2. The fourth-order valence-electron chi connectivity index (χ4n) is 1.90. The van der Waals surface area contributed by atoms with Crippen LogP contribution in [0.15, 0.2) is 72.1 Å². The molecule has 0 unspecified atom stereocenters. The van der Waals surface area contributed by atoms with Crippen molar-refractivity contribution in [1.82, 2.24) is 9.97 Å². The molecule has 0 aliphatic carbocycles. The van der Waals surface area contributed by atoms with Crippen molar-refractivity contribution < 1.29 is 4.39 Å². The van der Waals surface area contributed by atoms with E-state index in [0.29, 0.717) is 17.1 Å². The number of nitrogens with one attached hydrogen (secondary N) is 1. The summed E-state index contributed by atoms with van der Waals surface area (Å²) in [6.45, 7) is 0. The fourth-order valence-corrected chi connectivity index (χ4v) is 1.90. The van der Waals surface area contributed by atoms with Crippen LogP contribution in [0.4, 0.5) is 21.6 Å². The Morgan fingerprint density at radius 3 is 2.68 bits per heavy atom. The Balaban J connectivity index is 1.85. The summed E-state index contributed by atoms with van der Waals surface area (Å²) >= 11 is 0. The molecule has 5 heteroatoms. The SMILES string of the molecule is Fc1cccc(C=Nc2cccnc2Nc2ccncc2)c1. The van der Waals surface area contributed by atoms with Crippen molar-refractivity contribution in [1.29, 1.82) is 0 Å². The highest BCUT2D eigenvalue weighted by molar-refractivity contribution is 5.84. The fraction of sp³-hybridized carbons (Fsp3) is 0. The molecule has 0 atom stereocenters. The second kappa shape index (κ2) is 6.58. The van der Waals surface area contributed by atoms with Crippen molar-refractivity contribution in [3.8, 4) is 0 Å². The molecule has 3 rings (SSSR count). The molecular weight excluding hydrogens is 279 g/mol. The van der Waals surface area contributed by atoms with E-state index in [1.54, 1.807) is 43.0 Å². The van der Waals surface area contributed by atoms with E-state index in [9.17, 15) is 4.39 Å². The van der Waals surface area contributed by atoms with E-state index in [-0.39, 0.29) is 5.82 Å². The maximum atomic E-state index is 13.2. The van der Waals surface area contributed by atoms with Gasteiger partial charge in [-0.05, 0) is 42.0 Å². The van der Waals surface area contributed by atoms with Gasteiger partial charge in [0, 0.05) is 30.5 Å². The van der Waals surface area contributed by atoms with E-state index in [1.807, 2.05) is 18.2 Å². The maximum Gasteiger partial charge on any atom is 0.156 e. The molecule has 0 saturated heterocycles. The monoisotopic (exact) mass is 292 g/mol. The number of nitrogens with zero attached hydrogens (tertiary/aromatic N) is 3. The summed E-state index contributed by atoms with van der Waals surface area (Å²) in [5, 5.41) is 3.18. The molecule has 4 nitrogen and oxygen atoms in total. The van der Waals surface area contributed by atoms with Crippen LogP contribution in [0.2, 0.25) is 0 Å². The molecule has 108 valence electrons. The Morgan fingerprint density at radius 1 is 1.00 bits per heavy atom. The van der Waals surface area contributed by atoms with E-state index in [4.69, 9.17) is 0 Å². The van der Waals surface area contributed by atoms with Crippen LogP contribution in [0.25, 0.3) is 0 Å². The van der Waals surface area contributed by atoms with Gasteiger partial charge in [0.1, 0.15) is 11.5 Å². The quantitative estimate of drug-likeness (QED) is 0.736. The number of rotatable bonds is 4. The second-order valence-corrected chi connectivity index (χ2v) is 4.55. The third-order valence-corrected chi connectivity index (χ3v) is 2.93. The van der Waals surface area contributed by atoms with E-state index in [1.165, 1.54) is 12.1 Å². The van der Waals surface area contributed by atoms with Gasteiger partial charge in [0.15, 0.2) is 5.82 Å². The molecule has 0 bridgehead atoms. The summed E-state index contributed by atoms with van der Waals surface area (Å²) in [6.07, 6.45) is 6.68. The lowest BCUT2D eigenvalue weighted by atomic mass is 10.2. The lowest BCUT2D eigenvalue weighted by Crippen LogP contribution is -1.93. The second-order valence-electron chi connectivity index (χ2n) is 4.55. The summed E-state index contributed by atoms with van der Waals surface area (Å²) in [7, 11) is 0. The van der Waals surface area contributed by atoms with Crippen LogP contribution in [0, 0.1) is 5.82 Å². The Bertz CT molecular complexity index is 787. The van der Waals surface area contributed by atoms with Crippen LogP contribution in [0.3, 0.4) is 0 Å². The van der Waals surface area contributed by atoms with Crippen molar-refractivity contribution in [2.45, 2.75) is 0 Å². The van der Waals surface area contributed by atoms with Gasteiger partial charge in [-0.15, -0.1) is 0 Å². The number of hydrogen-bond acceptors (Lipinski definition) is 4. The smallest absolute Gasteiger partial charge is 0.156 e. The molecule has 2 aromatic heterocycles. The number of hydrogen-bond donors (Lipinski definition) is 1. The zero-order valence-corrected chi connectivity index (χ0v) is 11.6. The minimum atomic E-state index is -0.287. The third kappa shape index (κ3) is 3.52. The van der Waals surface area contributed by atoms with Crippen molar-refractivity contribution in [2.24, 2.45) is 4.99 Å². The number of aliphatic imine (C=N–C) groups is 1. The van der Waals surface area contributed by atoms with Gasteiger partial charge in [-0.1, -0.05) is 12.1 Å². The largest absolute Gasteiger partial charge is 0.338 e. The highest BCUT2D eigenvalue weighted by atomic mass is 19.1. The van der Waals surface area contributed by atoms with Crippen LogP contribution in [-0.4, -0.2) is 16.2 Å². The standard InChI is InChI=1S/C17H13FN4/c18-14-4-1-3-13(11-14)12-21-16-5-2-8-20-17(16)22-15-6-9-19-10-7-15/h1-12H,(H,19,20,22). The molecule has 0 aliphatic heterocycles. The average molecular weight is 292 g/mol. The maximum absolute atomic E-state index is 13.2. The van der Waals surface area contributed by atoms with Crippen LogP contribution < -0.4 is 5.32 Å². The highest BCUT2D eigenvalue weighted by Gasteiger charge is 2.02. The van der Waals surface area contributed by atoms with Gasteiger partial charge in [0.05, 0.1) is 0 Å². The van der Waals surface area contributed by atoms with E-state index < -0.39 is 0 Å². The summed E-state index contributed by atoms with van der Waals surface area (Å²) in [5.41, 5.74) is 2.23.